The predicted molar refractivity (Wildman–Crippen MR) is 121 cm³/mol. The third-order valence-corrected chi connectivity index (χ3v) is 5.49. The minimum absolute atomic E-state index is 0.268. The lowest BCUT2D eigenvalue weighted by Gasteiger charge is -2.10. The molecule has 7 heteroatoms. The van der Waals surface area contributed by atoms with E-state index in [1.807, 2.05) is 60.0 Å². The Bertz CT molecular complexity index is 1230. The SMILES string of the molecule is CCC(C)COC(=O)c1c(N)n(Cc2ccc(OC)cc2)c2nc3ccccc3nc12. The summed E-state index contributed by atoms with van der Waals surface area (Å²) in [5.41, 5.74) is 10.2. The Morgan fingerprint density at radius 3 is 2.42 bits per heavy atom. The number of benzene rings is 2. The summed E-state index contributed by atoms with van der Waals surface area (Å²) in [6.07, 6.45) is 0.923. The van der Waals surface area contributed by atoms with Gasteiger partial charge in [0.2, 0.25) is 0 Å². The van der Waals surface area contributed by atoms with Gasteiger partial charge in [0.05, 0.1) is 31.3 Å². The van der Waals surface area contributed by atoms with Crippen molar-refractivity contribution in [1.82, 2.24) is 14.5 Å². The first kappa shape index (κ1) is 20.7. The number of ether oxygens (including phenoxy) is 2. The van der Waals surface area contributed by atoms with Crippen LogP contribution in [0.3, 0.4) is 0 Å². The van der Waals surface area contributed by atoms with Crippen molar-refractivity contribution < 1.29 is 14.3 Å². The molecule has 2 N–H and O–H groups in total. The molecular formula is C24H26N4O3. The van der Waals surface area contributed by atoms with Crippen molar-refractivity contribution in [3.05, 3.63) is 59.7 Å². The van der Waals surface area contributed by atoms with Gasteiger partial charge in [-0.05, 0) is 35.7 Å². The third kappa shape index (κ3) is 4.03. The molecule has 0 radical (unpaired) electrons. The summed E-state index contributed by atoms with van der Waals surface area (Å²) < 4.78 is 12.6. The number of esters is 1. The molecule has 0 aliphatic heterocycles. The molecule has 4 rings (SSSR count). The van der Waals surface area contributed by atoms with Crippen LogP contribution >= 0.6 is 0 Å². The largest absolute Gasteiger partial charge is 0.497 e. The number of para-hydroxylation sites is 2. The first-order valence-corrected chi connectivity index (χ1v) is 10.4. The highest BCUT2D eigenvalue weighted by Gasteiger charge is 2.25. The smallest absolute Gasteiger partial charge is 0.344 e. The molecule has 0 saturated heterocycles. The summed E-state index contributed by atoms with van der Waals surface area (Å²) in [5.74, 6) is 0.870. The van der Waals surface area contributed by atoms with E-state index in [9.17, 15) is 4.79 Å². The molecule has 0 fully saturated rings. The molecule has 0 bridgehead atoms. The van der Waals surface area contributed by atoms with Crippen molar-refractivity contribution in [3.8, 4) is 5.75 Å². The van der Waals surface area contributed by atoms with Gasteiger partial charge in [-0.2, -0.15) is 0 Å². The van der Waals surface area contributed by atoms with Crippen LogP contribution in [-0.2, 0) is 11.3 Å². The lowest BCUT2D eigenvalue weighted by atomic mass is 10.1. The van der Waals surface area contributed by atoms with E-state index in [1.54, 1.807) is 7.11 Å². The van der Waals surface area contributed by atoms with E-state index in [-0.39, 0.29) is 11.5 Å². The maximum Gasteiger partial charge on any atom is 0.344 e. The molecule has 2 aromatic carbocycles. The highest BCUT2D eigenvalue weighted by Crippen LogP contribution is 2.29. The number of carbonyl (C=O) groups is 1. The number of nitrogen functional groups attached to an aromatic ring is 1. The number of anilines is 1. The highest BCUT2D eigenvalue weighted by molar-refractivity contribution is 6.08. The first-order valence-electron chi connectivity index (χ1n) is 10.4. The Labute approximate surface area is 180 Å². The Kier molecular flexibility index (Phi) is 5.75. The van der Waals surface area contributed by atoms with Crippen molar-refractivity contribution in [2.75, 3.05) is 19.5 Å². The maximum atomic E-state index is 13.0. The van der Waals surface area contributed by atoms with E-state index in [2.05, 4.69) is 6.92 Å². The first-order chi connectivity index (χ1) is 15.0. The number of hydrogen-bond acceptors (Lipinski definition) is 6. The molecule has 7 nitrogen and oxygen atoms in total. The number of carbonyl (C=O) groups excluding carboxylic acids is 1. The summed E-state index contributed by atoms with van der Waals surface area (Å²) >= 11 is 0. The van der Waals surface area contributed by atoms with Crippen LogP contribution in [0.15, 0.2) is 48.5 Å². The van der Waals surface area contributed by atoms with Gasteiger partial charge in [-0.1, -0.05) is 44.5 Å². The molecular weight excluding hydrogens is 392 g/mol. The van der Waals surface area contributed by atoms with Crippen molar-refractivity contribution in [1.29, 1.82) is 0 Å². The summed E-state index contributed by atoms with van der Waals surface area (Å²) in [7, 11) is 1.63. The number of rotatable bonds is 7. The number of aromatic nitrogens is 3. The normalized spacial score (nSPS) is 12.2. The second-order valence-electron chi connectivity index (χ2n) is 7.69. The van der Waals surface area contributed by atoms with Crippen LogP contribution in [0.4, 0.5) is 5.82 Å². The Morgan fingerprint density at radius 1 is 1.10 bits per heavy atom. The van der Waals surface area contributed by atoms with Gasteiger partial charge in [-0.3, -0.25) is 0 Å². The van der Waals surface area contributed by atoms with Crippen molar-refractivity contribution in [2.24, 2.45) is 5.92 Å². The molecule has 2 heterocycles. The molecule has 4 aromatic rings. The van der Waals surface area contributed by atoms with Crippen molar-refractivity contribution in [3.63, 3.8) is 0 Å². The van der Waals surface area contributed by atoms with Crippen LogP contribution in [0, 0.1) is 5.92 Å². The third-order valence-electron chi connectivity index (χ3n) is 5.49. The predicted octanol–water partition coefficient (Wildman–Crippen LogP) is 4.43. The van der Waals surface area contributed by atoms with Crippen LogP contribution in [-0.4, -0.2) is 34.2 Å². The van der Waals surface area contributed by atoms with Crippen molar-refractivity contribution in [2.45, 2.75) is 26.8 Å². The van der Waals surface area contributed by atoms with E-state index in [0.717, 1.165) is 23.3 Å². The van der Waals surface area contributed by atoms with Gasteiger partial charge in [0.25, 0.3) is 0 Å². The number of fused-ring (bicyclic) bond motifs is 2. The zero-order chi connectivity index (χ0) is 22.0. The van der Waals surface area contributed by atoms with Gasteiger partial charge >= 0.3 is 5.97 Å². The highest BCUT2D eigenvalue weighted by atomic mass is 16.5. The fourth-order valence-electron chi connectivity index (χ4n) is 3.40. The van der Waals surface area contributed by atoms with E-state index >= 15 is 0 Å². The minimum atomic E-state index is -0.471. The van der Waals surface area contributed by atoms with Gasteiger partial charge in [-0.15, -0.1) is 0 Å². The zero-order valence-corrected chi connectivity index (χ0v) is 18.0. The topological polar surface area (TPSA) is 92.3 Å². The van der Waals surface area contributed by atoms with Gasteiger partial charge in [0.1, 0.15) is 22.6 Å². The van der Waals surface area contributed by atoms with Gasteiger partial charge in [0.15, 0.2) is 5.65 Å². The Morgan fingerprint density at radius 2 is 1.77 bits per heavy atom. The minimum Gasteiger partial charge on any atom is -0.497 e. The monoisotopic (exact) mass is 418 g/mol. The van der Waals surface area contributed by atoms with Gasteiger partial charge < -0.3 is 19.8 Å². The molecule has 1 atom stereocenters. The summed E-state index contributed by atoms with van der Waals surface area (Å²) in [5, 5.41) is 0. The molecule has 1 unspecified atom stereocenters. The van der Waals surface area contributed by atoms with E-state index < -0.39 is 5.97 Å². The molecule has 0 amide bonds. The molecule has 0 spiro atoms. The fourth-order valence-corrected chi connectivity index (χ4v) is 3.40. The van der Waals surface area contributed by atoms with Crippen LogP contribution in [0.25, 0.3) is 22.2 Å². The molecule has 2 aromatic heterocycles. The quantitative estimate of drug-likeness (QED) is 0.447. The van der Waals surface area contributed by atoms with Gasteiger partial charge in [0, 0.05) is 0 Å². The van der Waals surface area contributed by atoms with Crippen LogP contribution in [0.5, 0.6) is 5.75 Å². The lowest BCUT2D eigenvalue weighted by Crippen LogP contribution is -2.14. The standard InChI is InChI=1S/C24H26N4O3/c1-4-15(2)14-31-24(29)20-21-23(27-19-8-6-5-7-18(19)26-21)28(22(20)25)13-16-9-11-17(30-3)12-10-16/h5-12,15H,4,13-14,25H2,1-3H3. The number of nitrogens with two attached hydrogens (primary N) is 1. The van der Waals surface area contributed by atoms with E-state index in [4.69, 9.17) is 25.2 Å². The molecule has 0 saturated carbocycles. The number of nitrogens with zero attached hydrogens (tertiary/aromatic N) is 3. The van der Waals surface area contributed by atoms with E-state index in [1.165, 1.54) is 0 Å². The molecule has 0 aliphatic carbocycles. The fraction of sp³-hybridized carbons (Fsp3) is 0.292. The second-order valence-corrected chi connectivity index (χ2v) is 7.69. The van der Waals surface area contributed by atoms with E-state index in [0.29, 0.717) is 35.7 Å². The average Bonchev–Trinajstić information content (AvgIpc) is 3.06. The Hall–Kier alpha value is -3.61. The second kappa shape index (κ2) is 8.63. The molecule has 31 heavy (non-hydrogen) atoms. The van der Waals surface area contributed by atoms with Crippen LogP contribution in [0.2, 0.25) is 0 Å². The zero-order valence-electron chi connectivity index (χ0n) is 18.0. The molecule has 0 aliphatic rings. The van der Waals surface area contributed by atoms with Gasteiger partial charge in [-0.25, -0.2) is 14.8 Å². The summed E-state index contributed by atoms with van der Waals surface area (Å²) in [4.78, 5) is 22.5. The Balaban J connectivity index is 1.82. The number of hydrogen-bond donors (Lipinski definition) is 1. The van der Waals surface area contributed by atoms with Crippen LogP contribution < -0.4 is 10.5 Å². The number of methoxy groups -OCH3 is 1. The average molecular weight is 418 g/mol. The lowest BCUT2D eigenvalue weighted by molar-refractivity contribution is 0.0450. The molecule has 160 valence electrons. The summed E-state index contributed by atoms with van der Waals surface area (Å²) in [6.45, 7) is 4.88. The maximum absolute atomic E-state index is 13.0. The van der Waals surface area contributed by atoms with Crippen molar-refractivity contribution >= 4 is 34.0 Å². The van der Waals surface area contributed by atoms with Crippen LogP contribution in [0.1, 0.15) is 36.2 Å². The summed E-state index contributed by atoms with van der Waals surface area (Å²) in [6, 6.07) is 15.3.